The molecular weight excluding hydrogens is 579 g/mol. The molecule has 0 saturated heterocycles. The molecule has 2 aliphatic carbocycles. The third-order valence-corrected chi connectivity index (χ3v) is 11.3. The van der Waals surface area contributed by atoms with Gasteiger partial charge in [-0.2, -0.15) is 0 Å². The summed E-state index contributed by atoms with van der Waals surface area (Å²) in [4.78, 5) is 0. The molecule has 0 heterocycles. The minimum absolute atomic E-state index is 0.0956. The zero-order valence-electron chi connectivity index (χ0n) is 29.3. The highest BCUT2D eigenvalue weighted by Crippen LogP contribution is 2.58. The van der Waals surface area contributed by atoms with E-state index in [9.17, 15) is 0 Å². The van der Waals surface area contributed by atoms with Crippen LogP contribution in [0.2, 0.25) is 0 Å². The van der Waals surface area contributed by atoms with Crippen molar-refractivity contribution in [2.45, 2.75) is 71.6 Å². The van der Waals surface area contributed by atoms with Crippen LogP contribution in [0.1, 0.15) is 89.2 Å². The second-order valence-corrected chi connectivity index (χ2v) is 15.3. The summed E-state index contributed by atoms with van der Waals surface area (Å²) >= 11 is 0. The van der Waals surface area contributed by atoms with Gasteiger partial charge in [-0.25, -0.2) is 0 Å². The molecule has 0 aliphatic heterocycles. The average molecular weight is 624 g/mol. The standard InChI is InChI=1S/C47H45N/c1-29-15-14-18-34(21-29)37(33-16-10-8-11-17-33)24-32-22-30(2)44-38-27-41-39(28-40(38)46(4,5)42(44)25-32)45-31(3)23-36(26-43(45)47(41,6)7)48-35-19-12-9-13-20-35/h8-23,25-28,37,48H,24H2,1-7H3. The quantitative estimate of drug-likeness (QED) is 0.195. The number of para-hydroxylation sites is 1. The Hall–Kier alpha value is -4.88. The minimum atomic E-state index is -0.101. The molecule has 0 saturated carbocycles. The van der Waals surface area contributed by atoms with Gasteiger partial charge in [0.1, 0.15) is 0 Å². The molecule has 6 aromatic carbocycles. The van der Waals surface area contributed by atoms with E-state index in [-0.39, 0.29) is 10.8 Å². The fraction of sp³-hybridized carbons (Fsp3) is 0.234. The summed E-state index contributed by atoms with van der Waals surface area (Å²) in [5, 5.41) is 3.66. The van der Waals surface area contributed by atoms with Crippen LogP contribution in [0.5, 0.6) is 0 Å². The van der Waals surface area contributed by atoms with Gasteiger partial charge in [0.2, 0.25) is 0 Å². The van der Waals surface area contributed by atoms with E-state index in [0.717, 1.165) is 17.8 Å². The topological polar surface area (TPSA) is 12.0 Å². The first-order valence-corrected chi connectivity index (χ1v) is 17.4. The van der Waals surface area contributed by atoms with Crippen molar-refractivity contribution >= 4 is 11.4 Å². The Morgan fingerprint density at radius 2 is 1.06 bits per heavy atom. The monoisotopic (exact) mass is 623 g/mol. The second kappa shape index (κ2) is 11.1. The maximum atomic E-state index is 3.66. The fourth-order valence-corrected chi connectivity index (χ4v) is 8.80. The van der Waals surface area contributed by atoms with Crippen molar-refractivity contribution in [1.82, 2.24) is 0 Å². The van der Waals surface area contributed by atoms with Crippen LogP contribution in [-0.4, -0.2) is 0 Å². The van der Waals surface area contributed by atoms with Crippen molar-refractivity contribution < 1.29 is 0 Å². The second-order valence-electron chi connectivity index (χ2n) is 15.3. The number of hydrogen-bond donors (Lipinski definition) is 1. The summed E-state index contributed by atoms with van der Waals surface area (Å²) in [6.45, 7) is 16.5. The van der Waals surface area contributed by atoms with Crippen LogP contribution < -0.4 is 5.32 Å². The zero-order chi connectivity index (χ0) is 33.4. The number of aryl methyl sites for hydroxylation is 3. The highest BCUT2D eigenvalue weighted by molar-refractivity contribution is 5.92. The summed E-state index contributed by atoms with van der Waals surface area (Å²) in [7, 11) is 0. The Labute approximate surface area is 286 Å². The van der Waals surface area contributed by atoms with Crippen molar-refractivity contribution in [3.63, 3.8) is 0 Å². The molecule has 1 nitrogen and oxygen atoms in total. The third-order valence-electron chi connectivity index (χ3n) is 11.3. The molecule has 1 N–H and O–H groups in total. The molecule has 2 aliphatic rings. The van der Waals surface area contributed by atoms with E-state index in [4.69, 9.17) is 0 Å². The molecule has 0 fully saturated rings. The number of hydrogen-bond acceptors (Lipinski definition) is 1. The van der Waals surface area contributed by atoms with E-state index in [2.05, 4.69) is 175 Å². The number of nitrogens with one attached hydrogen (secondary N) is 1. The van der Waals surface area contributed by atoms with Crippen LogP contribution >= 0.6 is 0 Å². The lowest BCUT2D eigenvalue weighted by Crippen LogP contribution is -2.17. The average Bonchev–Trinajstić information content (AvgIpc) is 3.43. The van der Waals surface area contributed by atoms with Crippen molar-refractivity contribution in [2.75, 3.05) is 5.32 Å². The highest BCUT2D eigenvalue weighted by atomic mass is 14.9. The minimum Gasteiger partial charge on any atom is -0.356 e. The Kier molecular flexibility index (Phi) is 7.04. The maximum absolute atomic E-state index is 3.66. The molecule has 0 spiro atoms. The molecule has 0 bridgehead atoms. The molecule has 0 amide bonds. The zero-order valence-corrected chi connectivity index (χ0v) is 29.3. The smallest absolute Gasteiger partial charge is 0.0390 e. The Morgan fingerprint density at radius 3 is 1.69 bits per heavy atom. The summed E-state index contributed by atoms with van der Waals surface area (Å²) in [5.74, 6) is 0.306. The van der Waals surface area contributed by atoms with Gasteiger partial charge >= 0.3 is 0 Å². The van der Waals surface area contributed by atoms with E-state index in [1.165, 1.54) is 77.9 Å². The molecule has 1 unspecified atom stereocenters. The molecule has 0 radical (unpaired) electrons. The van der Waals surface area contributed by atoms with Crippen LogP contribution in [0, 0.1) is 20.8 Å². The lowest BCUT2D eigenvalue weighted by molar-refractivity contribution is 0.651. The maximum Gasteiger partial charge on any atom is 0.0390 e. The summed E-state index contributed by atoms with van der Waals surface area (Å²) < 4.78 is 0. The number of rotatable bonds is 6. The summed E-state index contributed by atoms with van der Waals surface area (Å²) in [6.07, 6.45) is 0.976. The molecule has 1 atom stereocenters. The van der Waals surface area contributed by atoms with Crippen LogP contribution in [0.3, 0.4) is 0 Å². The summed E-state index contributed by atoms with van der Waals surface area (Å²) in [6, 6.07) is 45.4. The van der Waals surface area contributed by atoms with Crippen molar-refractivity contribution in [3.05, 3.63) is 177 Å². The third kappa shape index (κ3) is 4.83. The van der Waals surface area contributed by atoms with Crippen LogP contribution in [0.25, 0.3) is 22.3 Å². The fourth-order valence-electron chi connectivity index (χ4n) is 8.80. The van der Waals surface area contributed by atoms with Crippen molar-refractivity contribution in [1.29, 1.82) is 0 Å². The van der Waals surface area contributed by atoms with Gasteiger partial charge in [-0.15, -0.1) is 0 Å². The van der Waals surface area contributed by atoms with Crippen molar-refractivity contribution in [2.24, 2.45) is 0 Å². The molecule has 1 heteroatoms. The van der Waals surface area contributed by atoms with Gasteiger partial charge < -0.3 is 5.32 Å². The predicted molar refractivity (Wildman–Crippen MR) is 204 cm³/mol. The molecule has 0 aromatic heterocycles. The van der Waals surface area contributed by atoms with E-state index in [0.29, 0.717) is 5.92 Å². The van der Waals surface area contributed by atoms with E-state index in [1.807, 2.05) is 0 Å². The lowest BCUT2D eigenvalue weighted by Gasteiger charge is -2.25. The van der Waals surface area contributed by atoms with Crippen molar-refractivity contribution in [3.8, 4) is 22.3 Å². The number of anilines is 2. The van der Waals surface area contributed by atoms with Gasteiger partial charge in [0, 0.05) is 28.1 Å². The van der Waals surface area contributed by atoms with Gasteiger partial charge in [-0.05, 0) is 136 Å². The van der Waals surface area contributed by atoms with Crippen LogP contribution in [0.4, 0.5) is 11.4 Å². The first-order chi connectivity index (χ1) is 23.0. The van der Waals surface area contributed by atoms with E-state index < -0.39 is 0 Å². The van der Waals surface area contributed by atoms with Crippen LogP contribution in [0.15, 0.2) is 121 Å². The Bertz CT molecular complexity index is 2200. The predicted octanol–water partition coefficient (Wildman–Crippen LogP) is 12.3. The number of benzene rings is 6. The van der Waals surface area contributed by atoms with Gasteiger partial charge in [-0.3, -0.25) is 0 Å². The summed E-state index contributed by atoms with van der Waals surface area (Å²) in [5.41, 5.74) is 21.7. The van der Waals surface area contributed by atoms with Gasteiger partial charge in [0.25, 0.3) is 0 Å². The Morgan fingerprint density at radius 1 is 0.500 bits per heavy atom. The van der Waals surface area contributed by atoms with Gasteiger partial charge in [0.05, 0.1) is 0 Å². The van der Waals surface area contributed by atoms with E-state index in [1.54, 1.807) is 0 Å². The first kappa shape index (κ1) is 30.5. The first-order valence-electron chi connectivity index (χ1n) is 17.4. The SMILES string of the molecule is Cc1cccc(C(Cc2cc(C)c3c(c2)C(C)(C)c2cc4c(cc2-3)C(C)(C)c2cc(Nc3ccccc3)cc(C)c2-4)c2ccccc2)c1. The molecule has 48 heavy (non-hydrogen) atoms. The Balaban J connectivity index is 1.21. The largest absolute Gasteiger partial charge is 0.356 e. The number of fused-ring (bicyclic) bond motifs is 6. The van der Waals surface area contributed by atoms with Gasteiger partial charge in [-0.1, -0.05) is 118 Å². The lowest BCUT2D eigenvalue weighted by atomic mass is 9.78. The molecular formula is C47H45N. The normalized spacial score (nSPS) is 15.3. The molecule has 8 rings (SSSR count). The van der Waals surface area contributed by atoms with E-state index >= 15 is 0 Å². The van der Waals surface area contributed by atoms with Gasteiger partial charge in [0.15, 0.2) is 0 Å². The molecule has 238 valence electrons. The highest BCUT2D eigenvalue weighted by Gasteiger charge is 2.43. The van der Waals surface area contributed by atoms with Crippen LogP contribution in [-0.2, 0) is 17.3 Å². The molecule has 6 aromatic rings.